The van der Waals surface area contributed by atoms with E-state index in [1.54, 1.807) is 0 Å². The van der Waals surface area contributed by atoms with Gasteiger partial charge in [-0.15, -0.1) is 0 Å². The number of anilines is 1. The average molecular weight is 294 g/mol. The second-order valence-corrected chi connectivity index (χ2v) is 5.95. The van der Waals surface area contributed by atoms with E-state index >= 15 is 0 Å². The Balaban J connectivity index is 1.83. The molecule has 1 heterocycles. The zero-order valence-corrected chi connectivity index (χ0v) is 13.2. The van der Waals surface area contributed by atoms with E-state index in [4.69, 9.17) is 0 Å². The molecule has 0 fully saturated rings. The third-order valence-electron chi connectivity index (χ3n) is 4.34. The maximum absolute atomic E-state index is 12.8. The van der Waals surface area contributed by atoms with E-state index < -0.39 is 0 Å². The fourth-order valence-corrected chi connectivity index (χ4v) is 3.03. The Morgan fingerprint density at radius 1 is 1.18 bits per heavy atom. The quantitative estimate of drug-likeness (QED) is 0.937. The average Bonchev–Trinajstić information content (AvgIpc) is 2.55. The number of amides is 1. The van der Waals surface area contributed by atoms with E-state index in [-0.39, 0.29) is 5.91 Å². The molecule has 2 aromatic carbocycles. The van der Waals surface area contributed by atoms with E-state index in [9.17, 15) is 4.79 Å². The van der Waals surface area contributed by atoms with Crippen molar-refractivity contribution < 1.29 is 4.79 Å². The highest BCUT2D eigenvalue weighted by atomic mass is 16.2. The molecule has 3 heteroatoms. The molecule has 1 aliphatic rings. The number of benzene rings is 2. The van der Waals surface area contributed by atoms with Crippen molar-refractivity contribution in [2.45, 2.75) is 26.3 Å². The maximum atomic E-state index is 12.8. The van der Waals surface area contributed by atoms with Crippen LogP contribution in [0.4, 0.5) is 5.69 Å². The van der Waals surface area contributed by atoms with E-state index in [1.807, 2.05) is 36.2 Å². The molecule has 3 nitrogen and oxygen atoms in total. The molecule has 114 valence electrons. The first kappa shape index (κ1) is 14.6. The summed E-state index contributed by atoms with van der Waals surface area (Å²) in [7, 11) is 1.88. The molecule has 0 aromatic heterocycles. The van der Waals surface area contributed by atoms with Crippen molar-refractivity contribution in [1.29, 1.82) is 0 Å². The first-order valence-electron chi connectivity index (χ1n) is 7.82. The molecule has 0 saturated heterocycles. The molecule has 0 atom stereocenters. The number of hydrogen-bond donors (Lipinski definition) is 1. The number of fused-ring (bicyclic) bond motifs is 1. The third kappa shape index (κ3) is 2.84. The van der Waals surface area contributed by atoms with Crippen LogP contribution in [0.5, 0.6) is 0 Å². The summed E-state index contributed by atoms with van der Waals surface area (Å²) < 4.78 is 0. The lowest BCUT2D eigenvalue weighted by atomic mass is 9.96. The molecule has 1 amide bonds. The van der Waals surface area contributed by atoms with Gasteiger partial charge in [0, 0.05) is 31.4 Å². The first-order chi connectivity index (χ1) is 10.7. The number of aryl methyl sites for hydroxylation is 1. The summed E-state index contributed by atoms with van der Waals surface area (Å²) in [5, 5.41) is 3.38. The van der Waals surface area contributed by atoms with Gasteiger partial charge in [-0.3, -0.25) is 4.79 Å². The zero-order chi connectivity index (χ0) is 15.5. The van der Waals surface area contributed by atoms with Crippen LogP contribution in [0.1, 0.15) is 33.5 Å². The first-order valence-corrected chi connectivity index (χ1v) is 7.82. The number of rotatable bonds is 3. The standard InChI is InChI=1S/C19H22N2O/c1-14-7-3-4-8-15(14)13-21(2)19(22)17-9-5-11-18-16(17)10-6-12-20-18/h3-5,7-9,11,20H,6,10,12-13H2,1-2H3. The van der Waals surface area contributed by atoms with E-state index in [2.05, 4.69) is 30.4 Å². The molecule has 22 heavy (non-hydrogen) atoms. The fraction of sp³-hybridized carbons (Fsp3) is 0.316. The number of carbonyl (C=O) groups is 1. The van der Waals surface area contributed by atoms with Gasteiger partial charge < -0.3 is 10.2 Å². The molecule has 0 unspecified atom stereocenters. The summed E-state index contributed by atoms with van der Waals surface area (Å²) in [6, 6.07) is 14.2. The van der Waals surface area contributed by atoms with Crippen LogP contribution in [-0.4, -0.2) is 24.4 Å². The summed E-state index contributed by atoms with van der Waals surface area (Å²) in [4.78, 5) is 14.6. The van der Waals surface area contributed by atoms with Crippen LogP contribution in [0.25, 0.3) is 0 Å². The maximum Gasteiger partial charge on any atom is 0.254 e. The lowest BCUT2D eigenvalue weighted by Crippen LogP contribution is -2.28. The molecule has 0 spiro atoms. The summed E-state index contributed by atoms with van der Waals surface area (Å²) in [5.41, 5.74) is 5.53. The molecule has 3 rings (SSSR count). The zero-order valence-electron chi connectivity index (χ0n) is 13.2. The van der Waals surface area contributed by atoms with Crippen LogP contribution >= 0.6 is 0 Å². The van der Waals surface area contributed by atoms with Gasteiger partial charge in [0.05, 0.1) is 0 Å². The molecular formula is C19H22N2O. The highest BCUT2D eigenvalue weighted by Gasteiger charge is 2.20. The van der Waals surface area contributed by atoms with Crippen molar-refractivity contribution >= 4 is 11.6 Å². The lowest BCUT2D eigenvalue weighted by Gasteiger charge is -2.24. The van der Waals surface area contributed by atoms with E-state index in [0.717, 1.165) is 36.2 Å². The second kappa shape index (κ2) is 6.22. The lowest BCUT2D eigenvalue weighted by molar-refractivity contribution is 0.0784. The Morgan fingerprint density at radius 3 is 2.82 bits per heavy atom. The van der Waals surface area contributed by atoms with Gasteiger partial charge in [-0.1, -0.05) is 30.3 Å². The van der Waals surface area contributed by atoms with Crippen LogP contribution in [-0.2, 0) is 13.0 Å². The van der Waals surface area contributed by atoms with Crippen molar-refractivity contribution in [3.63, 3.8) is 0 Å². The molecule has 0 aliphatic carbocycles. The van der Waals surface area contributed by atoms with Gasteiger partial charge in [-0.05, 0) is 48.6 Å². The Hall–Kier alpha value is -2.29. The van der Waals surface area contributed by atoms with Gasteiger partial charge in [0.15, 0.2) is 0 Å². The topological polar surface area (TPSA) is 32.3 Å². The van der Waals surface area contributed by atoms with Gasteiger partial charge >= 0.3 is 0 Å². The highest BCUT2D eigenvalue weighted by molar-refractivity contribution is 5.97. The molecule has 0 bridgehead atoms. The Morgan fingerprint density at radius 2 is 2.00 bits per heavy atom. The van der Waals surface area contributed by atoms with E-state index in [1.165, 1.54) is 11.1 Å². The summed E-state index contributed by atoms with van der Waals surface area (Å²) >= 11 is 0. The van der Waals surface area contributed by atoms with Crippen LogP contribution in [0.15, 0.2) is 42.5 Å². The smallest absolute Gasteiger partial charge is 0.254 e. The van der Waals surface area contributed by atoms with Gasteiger partial charge in [-0.25, -0.2) is 0 Å². The van der Waals surface area contributed by atoms with Crippen LogP contribution < -0.4 is 5.32 Å². The molecular weight excluding hydrogens is 272 g/mol. The minimum Gasteiger partial charge on any atom is -0.385 e. The molecule has 2 aromatic rings. The molecule has 0 radical (unpaired) electrons. The van der Waals surface area contributed by atoms with Gasteiger partial charge in [0.1, 0.15) is 0 Å². The minimum absolute atomic E-state index is 0.101. The van der Waals surface area contributed by atoms with Crippen LogP contribution in [0.3, 0.4) is 0 Å². The van der Waals surface area contributed by atoms with Gasteiger partial charge in [-0.2, -0.15) is 0 Å². The molecule has 0 saturated carbocycles. The summed E-state index contributed by atoms with van der Waals surface area (Å²) in [6.45, 7) is 3.72. The minimum atomic E-state index is 0.101. The second-order valence-electron chi connectivity index (χ2n) is 5.95. The summed E-state index contributed by atoms with van der Waals surface area (Å²) in [5.74, 6) is 0.101. The number of hydrogen-bond acceptors (Lipinski definition) is 2. The van der Waals surface area contributed by atoms with Crippen molar-refractivity contribution in [1.82, 2.24) is 4.90 Å². The van der Waals surface area contributed by atoms with Crippen molar-refractivity contribution in [3.05, 3.63) is 64.7 Å². The Kier molecular flexibility index (Phi) is 4.14. The number of nitrogens with one attached hydrogen (secondary N) is 1. The normalized spacial score (nSPS) is 13.2. The number of nitrogens with zero attached hydrogens (tertiary/aromatic N) is 1. The SMILES string of the molecule is Cc1ccccc1CN(C)C(=O)c1cccc2c1CCCN2. The van der Waals surface area contributed by atoms with Crippen LogP contribution in [0, 0.1) is 6.92 Å². The highest BCUT2D eigenvalue weighted by Crippen LogP contribution is 2.26. The Labute approximate surface area is 132 Å². The van der Waals surface area contributed by atoms with Crippen molar-refractivity contribution in [3.8, 4) is 0 Å². The Bertz CT molecular complexity index is 694. The number of carbonyl (C=O) groups excluding carboxylic acids is 1. The predicted molar refractivity (Wildman–Crippen MR) is 90.2 cm³/mol. The van der Waals surface area contributed by atoms with Crippen LogP contribution in [0.2, 0.25) is 0 Å². The third-order valence-corrected chi connectivity index (χ3v) is 4.34. The predicted octanol–water partition coefficient (Wildman–Crippen LogP) is 3.63. The summed E-state index contributed by atoms with van der Waals surface area (Å²) in [6.07, 6.45) is 2.06. The van der Waals surface area contributed by atoms with Gasteiger partial charge in [0.2, 0.25) is 0 Å². The molecule has 1 aliphatic heterocycles. The van der Waals surface area contributed by atoms with Crippen molar-refractivity contribution in [2.75, 3.05) is 18.9 Å². The monoisotopic (exact) mass is 294 g/mol. The largest absolute Gasteiger partial charge is 0.385 e. The van der Waals surface area contributed by atoms with Crippen molar-refractivity contribution in [2.24, 2.45) is 0 Å². The van der Waals surface area contributed by atoms with E-state index in [0.29, 0.717) is 6.54 Å². The fourth-order valence-electron chi connectivity index (χ4n) is 3.03. The van der Waals surface area contributed by atoms with Gasteiger partial charge in [0.25, 0.3) is 5.91 Å². The molecule has 1 N–H and O–H groups in total.